The smallest absolute Gasteiger partial charge is 0.127 e. The van der Waals surface area contributed by atoms with E-state index < -0.39 is 0 Å². The van der Waals surface area contributed by atoms with Gasteiger partial charge in [0, 0.05) is 25.5 Å². The van der Waals surface area contributed by atoms with Crippen molar-refractivity contribution in [2.45, 2.75) is 58.6 Å². The molecule has 19 heavy (non-hydrogen) atoms. The summed E-state index contributed by atoms with van der Waals surface area (Å²) in [6.45, 7) is 15.0. The number of methoxy groups -OCH3 is 1. The molecular weight excluding hydrogens is 238 g/mol. The maximum absolute atomic E-state index is 6.25. The van der Waals surface area contributed by atoms with Gasteiger partial charge in [-0.2, -0.15) is 0 Å². The van der Waals surface area contributed by atoms with Crippen LogP contribution in [0.5, 0.6) is 0 Å². The van der Waals surface area contributed by atoms with Crippen molar-refractivity contribution in [2.24, 2.45) is 0 Å². The largest absolute Gasteiger partial charge is 0.384 e. The zero-order valence-electron chi connectivity index (χ0n) is 13.1. The van der Waals surface area contributed by atoms with E-state index in [9.17, 15) is 0 Å². The molecule has 0 fully saturated rings. The van der Waals surface area contributed by atoms with Gasteiger partial charge in [-0.15, -0.1) is 6.58 Å². The first-order valence-electron chi connectivity index (χ1n) is 6.64. The molecule has 0 aliphatic rings. The number of aromatic nitrogens is 2. The number of allylic oxidation sites excluding steroid dienone is 1. The van der Waals surface area contributed by atoms with Crippen LogP contribution in [0.25, 0.3) is 0 Å². The third kappa shape index (κ3) is 3.60. The predicted molar refractivity (Wildman–Crippen MR) is 80.3 cm³/mol. The van der Waals surface area contributed by atoms with Crippen molar-refractivity contribution >= 4 is 5.82 Å². The molecule has 0 unspecified atom stereocenters. The molecule has 0 radical (unpaired) electrons. The van der Waals surface area contributed by atoms with Gasteiger partial charge in [0.05, 0.1) is 11.3 Å². The first-order chi connectivity index (χ1) is 8.62. The second-order valence-electron chi connectivity index (χ2n) is 6.56. The summed E-state index contributed by atoms with van der Waals surface area (Å²) >= 11 is 0. The summed E-state index contributed by atoms with van der Waals surface area (Å²) in [5.74, 6) is 1.71. The van der Waals surface area contributed by atoms with Crippen LogP contribution in [-0.2, 0) is 23.1 Å². The van der Waals surface area contributed by atoms with Crippen molar-refractivity contribution in [3.63, 3.8) is 0 Å². The quantitative estimate of drug-likeness (QED) is 0.833. The molecule has 4 nitrogen and oxygen atoms in total. The van der Waals surface area contributed by atoms with Crippen LogP contribution in [0.15, 0.2) is 12.7 Å². The Kier molecular flexibility index (Phi) is 4.46. The second-order valence-corrected chi connectivity index (χ2v) is 6.56. The van der Waals surface area contributed by atoms with Crippen LogP contribution in [0.2, 0.25) is 0 Å². The standard InChI is InChI=1S/C15H27N3O/c1-8-9-18-12(16)11(10-15(5,6)19-7)17-13(18)14(2,3)4/h8H,1,9-10,16H2,2-7H3. The molecule has 1 rings (SSSR count). The summed E-state index contributed by atoms with van der Waals surface area (Å²) in [7, 11) is 1.71. The molecule has 1 aromatic heterocycles. The number of ether oxygens (including phenoxy) is 1. The Morgan fingerprint density at radius 1 is 1.32 bits per heavy atom. The van der Waals surface area contributed by atoms with Crippen LogP contribution in [0.1, 0.15) is 46.1 Å². The summed E-state index contributed by atoms with van der Waals surface area (Å²) < 4.78 is 7.50. The summed E-state index contributed by atoms with van der Waals surface area (Å²) in [5, 5.41) is 0. The van der Waals surface area contributed by atoms with Gasteiger partial charge >= 0.3 is 0 Å². The number of nitrogens with zero attached hydrogens (tertiary/aromatic N) is 2. The number of anilines is 1. The topological polar surface area (TPSA) is 53.1 Å². The third-order valence-corrected chi connectivity index (χ3v) is 3.21. The molecule has 0 amide bonds. The number of nitrogen functional groups attached to an aromatic ring is 1. The van der Waals surface area contributed by atoms with Crippen LogP contribution < -0.4 is 5.73 Å². The monoisotopic (exact) mass is 265 g/mol. The van der Waals surface area contributed by atoms with Gasteiger partial charge < -0.3 is 15.0 Å². The highest BCUT2D eigenvalue weighted by Gasteiger charge is 2.27. The Balaban J connectivity index is 3.25. The Hall–Kier alpha value is -1.29. The lowest BCUT2D eigenvalue weighted by atomic mass is 9.95. The van der Waals surface area contributed by atoms with Gasteiger partial charge in [0.1, 0.15) is 11.6 Å². The number of imidazole rings is 1. The molecule has 0 atom stereocenters. The van der Waals surface area contributed by atoms with Crippen molar-refractivity contribution in [3.05, 3.63) is 24.2 Å². The molecule has 0 spiro atoms. The van der Waals surface area contributed by atoms with Crippen molar-refractivity contribution in [3.8, 4) is 0 Å². The predicted octanol–water partition coefficient (Wildman–Crippen LogP) is 2.92. The van der Waals surface area contributed by atoms with E-state index in [0.29, 0.717) is 13.0 Å². The summed E-state index contributed by atoms with van der Waals surface area (Å²) in [6, 6.07) is 0. The molecule has 1 heterocycles. The van der Waals surface area contributed by atoms with Crippen molar-refractivity contribution in [2.75, 3.05) is 12.8 Å². The van der Waals surface area contributed by atoms with Crippen LogP contribution in [-0.4, -0.2) is 22.3 Å². The molecular formula is C15H27N3O. The molecule has 0 saturated carbocycles. The Labute approximate surface area is 116 Å². The van der Waals surface area contributed by atoms with E-state index in [4.69, 9.17) is 15.5 Å². The van der Waals surface area contributed by atoms with Crippen LogP contribution in [0, 0.1) is 0 Å². The third-order valence-electron chi connectivity index (χ3n) is 3.21. The lowest BCUT2D eigenvalue weighted by Gasteiger charge is -2.21. The van der Waals surface area contributed by atoms with Crippen molar-refractivity contribution in [1.29, 1.82) is 0 Å². The fraction of sp³-hybridized carbons (Fsp3) is 0.667. The van der Waals surface area contributed by atoms with E-state index in [-0.39, 0.29) is 11.0 Å². The zero-order chi connectivity index (χ0) is 14.8. The summed E-state index contributed by atoms with van der Waals surface area (Å²) in [4.78, 5) is 4.74. The van der Waals surface area contributed by atoms with Crippen molar-refractivity contribution in [1.82, 2.24) is 9.55 Å². The maximum Gasteiger partial charge on any atom is 0.127 e. The Bertz CT molecular complexity index is 453. The highest BCUT2D eigenvalue weighted by Crippen LogP contribution is 2.28. The van der Waals surface area contributed by atoms with Gasteiger partial charge in [-0.1, -0.05) is 26.8 Å². The average molecular weight is 265 g/mol. The fourth-order valence-corrected chi connectivity index (χ4v) is 2.01. The summed E-state index contributed by atoms with van der Waals surface area (Å²) in [6.07, 6.45) is 2.54. The molecule has 1 aromatic rings. The minimum Gasteiger partial charge on any atom is -0.384 e. The normalized spacial score (nSPS) is 12.7. The maximum atomic E-state index is 6.25. The van der Waals surface area contributed by atoms with Crippen LogP contribution >= 0.6 is 0 Å². The van der Waals surface area contributed by atoms with Crippen LogP contribution in [0.3, 0.4) is 0 Å². The molecule has 0 saturated heterocycles. The highest BCUT2D eigenvalue weighted by molar-refractivity contribution is 5.41. The molecule has 0 aliphatic carbocycles. The van der Waals surface area contributed by atoms with E-state index in [2.05, 4.69) is 27.4 Å². The zero-order valence-corrected chi connectivity index (χ0v) is 13.1. The van der Waals surface area contributed by atoms with E-state index in [1.807, 2.05) is 24.5 Å². The molecule has 108 valence electrons. The Morgan fingerprint density at radius 2 is 1.89 bits per heavy atom. The first kappa shape index (κ1) is 15.8. The van der Waals surface area contributed by atoms with Crippen LogP contribution in [0.4, 0.5) is 5.82 Å². The molecule has 2 N–H and O–H groups in total. The van der Waals surface area contributed by atoms with E-state index in [1.54, 1.807) is 7.11 Å². The number of hydrogen-bond donors (Lipinski definition) is 1. The molecule has 0 aromatic carbocycles. The number of nitrogens with two attached hydrogens (primary N) is 1. The van der Waals surface area contributed by atoms with Gasteiger partial charge in [0.25, 0.3) is 0 Å². The summed E-state index contributed by atoms with van der Waals surface area (Å²) in [5.41, 5.74) is 6.83. The van der Waals surface area contributed by atoms with Crippen molar-refractivity contribution < 1.29 is 4.74 Å². The lowest BCUT2D eigenvalue weighted by molar-refractivity contribution is 0.0226. The van der Waals surface area contributed by atoms with Gasteiger partial charge in [-0.3, -0.25) is 0 Å². The van der Waals surface area contributed by atoms with E-state index in [0.717, 1.165) is 17.3 Å². The number of rotatable bonds is 5. The minimum absolute atomic E-state index is 0.0490. The SMILES string of the molecule is C=CCn1c(C(C)(C)C)nc(CC(C)(C)OC)c1N. The fourth-order valence-electron chi connectivity index (χ4n) is 2.01. The van der Waals surface area contributed by atoms with E-state index >= 15 is 0 Å². The van der Waals surface area contributed by atoms with Gasteiger partial charge in [0.15, 0.2) is 0 Å². The Morgan fingerprint density at radius 3 is 2.32 bits per heavy atom. The molecule has 4 heteroatoms. The molecule has 0 bridgehead atoms. The minimum atomic E-state index is -0.267. The molecule has 0 aliphatic heterocycles. The second kappa shape index (κ2) is 5.37. The van der Waals surface area contributed by atoms with E-state index in [1.165, 1.54) is 0 Å². The number of hydrogen-bond acceptors (Lipinski definition) is 3. The van der Waals surface area contributed by atoms with Gasteiger partial charge in [-0.05, 0) is 13.8 Å². The first-order valence-corrected chi connectivity index (χ1v) is 6.64. The lowest BCUT2D eigenvalue weighted by Crippen LogP contribution is -2.26. The van der Waals surface area contributed by atoms with Gasteiger partial charge in [-0.25, -0.2) is 4.98 Å². The van der Waals surface area contributed by atoms with Gasteiger partial charge in [0.2, 0.25) is 0 Å². The average Bonchev–Trinajstić information content (AvgIpc) is 2.57. The highest BCUT2D eigenvalue weighted by atomic mass is 16.5.